The van der Waals surface area contributed by atoms with Crippen molar-refractivity contribution in [2.24, 2.45) is 10.1 Å². The summed E-state index contributed by atoms with van der Waals surface area (Å²) in [6.45, 7) is 1.99. The van der Waals surface area contributed by atoms with E-state index in [1.54, 1.807) is 17.1 Å². The van der Waals surface area contributed by atoms with Gasteiger partial charge in [-0.25, -0.2) is 18.2 Å². The minimum absolute atomic E-state index is 0.0907. The number of amidine groups is 1. The van der Waals surface area contributed by atoms with Crippen molar-refractivity contribution in [1.82, 2.24) is 5.01 Å². The summed E-state index contributed by atoms with van der Waals surface area (Å²) in [5.74, 6) is -3.46. The predicted octanol–water partition coefficient (Wildman–Crippen LogP) is 5.59. The fraction of sp³-hybridized carbons (Fsp3) is 0.185. The number of rotatable bonds is 5. The molecule has 0 radical (unpaired) electrons. The number of hydrogen-bond acceptors (Lipinski definition) is 5. The average Bonchev–Trinajstić information content (AvgIpc) is 3.46. The van der Waals surface area contributed by atoms with Crippen LogP contribution in [-0.2, 0) is 9.59 Å². The smallest absolute Gasteiger partial charge is 0.262 e. The number of benzene rings is 3. The first-order valence-electron chi connectivity index (χ1n) is 11.5. The largest absolute Gasteiger partial charge is 0.326 e. The summed E-state index contributed by atoms with van der Waals surface area (Å²) >= 11 is 1.13. The first-order valence-corrected chi connectivity index (χ1v) is 12.4. The number of hydrogen-bond donors (Lipinski definition) is 1. The van der Waals surface area contributed by atoms with E-state index in [0.29, 0.717) is 11.6 Å². The van der Waals surface area contributed by atoms with Gasteiger partial charge in [-0.15, -0.1) is 0 Å². The number of aliphatic imine (C=N–C) groups is 1. The molecule has 0 saturated carbocycles. The molecule has 0 bridgehead atoms. The normalized spacial score (nSPS) is 19.1. The summed E-state index contributed by atoms with van der Waals surface area (Å²) in [6, 6.07) is 16.8. The molecule has 1 N–H and O–H groups in total. The molecule has 0 aliphatic carbocycles. The Morgan fingerprint density at radius 2 is 1.76 bits per heavy atom. The van der Waals surface area contributed by atoms with Gasteiger partial charge in [0.1, 0.15) is 11.1 Å². The summed E-state index contributed by atoms with van der Waals surface area (Å²) in [5.41, 5.74) is 3.65. The molecule has 3 aromatic rings. The number of aryl methyl sites for hydroxylation is 1. The summed E-state index contributed by atoms with van der Waals surface area (Å²) < 4.78 is 40.1. The number of halogens is 3. The highest BCUT2D eigenvalue weighted by Gasteiger charge is 2.39. The Morgan fingerprint density at radius 1 is 1.03 bits per heavy atom. The van der Waals surface area contributed by atoms with Gasteiger partial charge < -0.3 is 5.32 Å². The predicted molar refractivity (Wildman–Crippen MR) is 137 cm³/mol. The van der Waals surface area contributed by atoms with E-state index in [1.165, 1.54) is 18.2 Å². The lowest BCUT2D eigenvalue weighted by Crippen LogP contribution is -2.25. The van der Waals surface area contributed by atoms with Crippen LogP contribution in [0.25, 0.3) is 0 Å². The van der Waals surface area contributed by atoms with E-state index in [9.17, 15) is 22.8 Å². The summed E-state index contributed by atoms with van der Waals surface area (Å²) in [5, 5.41) is 8.46. The van der Waals surface area contributed by atoms with Crippen LogP contribution >= 0.6 is 11.8 Å². The van der Waals surface area contributed by atoms with E-state index >= 15 is 0 Å². The highest BCUT2D eigenvalue weighted by molar-refractivity contribution is 8.15. The van der Waals surface area contributed by atoms with E-state index in [-0.39, 0.29) is 24.0 Å². The number of carbonyl (C=O) groups is 2. The van der Waals surface area contributed by atoms with Crippen LogP contribution < -0.4 is 5.32 Å². The monoisotopic (exact) mass is 522 g/mol. The molecule has 2 unspecified atom stereocenters. The van der Waals surface area contributed by atoms with Crippen molar-refractivity contribution >= 4 is 40.1 Å². The second-order valence-corrected chi connectivity index (χ2v) is 9.92. The van der Waals surface area contributed by atoms with E-state index in [0.717, 1.165) is 46.3 Å². The van der Waals surface area contributed by atoms with Gasteiger partial charge in [-0.3, -0.25) is 9.59 Å². The Hall–Kier alpha value is -3.92. The topological polar surface area (TPSA) is 74.1 Å². The van der Waals surface area contributed by atoms with Gasteiger partial charge in [-0.1, -0.05) is 53.7 Å². The van der Waals surface area contributed by atoms with Gasteiger partial charge >= 0.3 is 0 Å². The second-order valence-electron chi connectivity index (χ2n) is 8.75. The van der Waals surface area contributed by atoms with Crippen molar-refractivity contribution in [3.63, 3.8) is 0 Å². The quantitative estimate of drug-likeness (QED) is 0.474. The van der Waals surface area contributed by atoms with Crippen LogP contribution in [0.15, 0.2) is 76.8 Å². The van der Waals surface area contributed by atoms with E-state index < -0.39 is 28.7 Å². The van der Waals surface area contributed by atoms with Crippen LogP contribution in [0.4, 0.5) is 18.9 Å². The Bertz CT molecular complexity index is 1420. The number of anilines is 1. The lowest BCUT2D eigenvalue weighted by Gasteiger charge is -2.23. The molecule has 2 amide bonds. The number of nitrogens with zero attached hydrogens (tertiary/aromatic N) is 3. The summed E-state index contributed by atoms with van der Waals surface area (Å²) in [7, 11) is 0. The molecular formula is C27H21F3N4O2S. The Morgan fingerprint density at radius 3 is 2.46 bits per heavy atom. The van der Waals surface area contributed by atoms with Crippen LogP contribution in [0.5, 0.6) is 0 Å². The van der Waals surface area contributed by atoms with Crippen molar-refractivity contribution in [2.45, 2.75) is 31.1 Å². The number of hydrazone groups is 1. The fourth-order valence-electron chi connectivity index (χ4n) is 4.11. The molecule has 0 spiro atoms. The molecule has 0 saturated heterocycles. The lowest BCUT2D eigenvalue weighted by molar-refractivity contribution is -0.121. The van der Waals surface area contributed by atoms with Crippen LogP contribution in [0, 0.1) is 24.4 Å². The van der Waals surface area contributed by atoms with Gasteiger partial charge in [0.05, 0.1) is 11.8 Å². The summed E-state index contributed by atoms with van der Waals surface area (Å²) in [4.78, 5) is 29.4. The molecule has 2 atom stereocenters. The van der Waals surface area contributed by atoms with Gasteiger partial charge in [-0.2, -0.15) is 10.1 Å². The molecule has 2 heterocycles. The number of amides is 2. The van der Waals surface area contributed by atoms with E-state index in [4.69, 9.17) is 5.10 Å². The minimum Gasteiger partial charge on any atom is -0.326 e. The number of carbonyl (C=O) groups excluding carboxylic acids is 2. The Balaban J connectivity index is 1.34. The van der Waals surface area contributed by atoms with E-state index in [1.807, 2.05) is 31.2 Å². The van der Waals surface area contributed by atoms with Crippen LogP contribution in [-0.4, -0.2) is 33.0 Å². The van der Waals surface area contributed by atoms with Crippen molar-refractivity contribution < 1.29 is 22.8 Å². The zero-order valence-electron chi connectivity index (χ0n) is 19.6. The Kier molecular flexibility index (Phi) is 6.84. The molecule has 2 aliphatic rings. The molecule has 2 aliphatic heterocycles. The van der Waals surface area contributed by atoms with Gasteiger partial charge in [-0.05, 0) is 42.3 Å². The van der Waals surface area contributed by atoms with Crippen molar-refractivity contribution in [3.8, 4) is 0 Å². The molecule has 5 rings (SSSR count). The maximum absolute atomic E-state index is 13.5. The molecule has 6 nitrogen and oxygen atoms in total. The lowest BCUT2D eigenvalue weighted by atomic mass is 9.98. The van der Waals surface area contributed by atoms with Gasteiger partial charge in [0.2, 0.25) is 5.91 Å². The second kappa shape index (κ2) is 10.2. The maximum atomic E-state index is 13.5. The van der Waals surface area contributed by atoms with Crippen LogP contribution in [0.3, 0.4) is 0 Å². The molecule has 0 aromatic heterocycles. The molecule has 188 valence electrons. The maximum Gasteiger partial charge on any atom is 0.262 e. The standard InChI is InChI=1S/C27H21F3N4O2S/c1-15-2-4-17(5-3-15)23-13-22(16-6-8-18(28)9-7-16)33-34(23)27-32-26(36)24(37-27)14-25(35)31-19-10-11-20(29)21(30)12-19/h2-12,23-24H,13-14H2,1H3,(H,31,35). The average molecular weight is 523 g/mol. The highest BCUT2D eigenvalue weighted by Crippen LogP contribution is 2.38. The van der Waals surface area contributed by atoms with Gasteiger partial charge in [0.25, 0.3) is 5.91 Å². The first-order chi connectivity index (χ1) is 17.8. The third kappa shape index (κ3) is 5.43. The van der Waals surface area contributed by atoms with E-state index in [2.05, 4.69) is 10.3 Å². The zero-order chi connectivity index (χ0) is 26.1. The number of nitrogens with one attached hydrogen (secondary N) is 1. The Labute approximate surface area is 215 Å². The summed E-state index contributed by atoms with van der Waals surface area (Å²) in [6.07, 6.45) is 0.316. The third-order valence-electron chi connectivity index (χ3n) is 6.05. The molecule has 10 heteroatoms. The molecular weight excluding hydrogens is 501 g/mol. The van der Waals surface area contributed by atoms with Crippen LogP contribution in [0.2, 0.25) is 0 Å². The number of thioether (sulfide) groups is 1. The van der Waals surface area contributed by atoms with Gasteiger partial charge in [0.15, 0.2) is 16.8 Å². The van der Waals surface area contributed by atoms with Gasteiger partial charge in [0, 0.05) is 24.6 Å². The molecule has 0 fully saturated rings. The van der Waals surface area contributed by atoms with Crippen molar-refractivity contribution in [3.05, 3.63) is 101 Å². The van der Waals surface area contributed by atoms with Crippen molar-refractivity contribution in [1.29, 1.82) is 0 Å². The SMILES string of the molecule is Cc1ccc(C2CC(c3ccc(F)cc3)=NN2C2=NC(=O)C(CC(=O)Nc3ccc(F)c(F)c3)S2)cc1. The molecule has 37 heavy (non-hydrogen) atoms. The van der Waals surface area contributed by atoms with Crippen molar-refractivity contribution in [2.75, 3.05) is 5.32 Å². The molecule has 3 aromatic carbocycles. The zero-order valence-corrected chi connectivity index (χ0v) is 20.4. The van der Waals surface area contributed by atoms with Crippen LogP contribution in [0.1, 0.15) is 35.6 Å². The first kappa shape index (κ1) is 24.8. The highest BCUT2D eigenvalue weighted by atomic mass is 32.2. The third-order valence-corrected chi connectivity index (χ3v) is 7.19. The fourth-order valence-corrected chi connectivity index (χ4v) is 5.17. The minimum atomic E-state index is -1.08.